The summed E-state index contributed by atoms with van der Waals surface area (Å²) in [5.74, 6) is 0. The normalized spacial score (nSPS) is 18.6. The van der Waals surface area contributed by atoms with Gasteiger partial charge in [-0.05, 0) is 19.8 Å². The Morgan fingerprint density at radius 1 is 1.41 bits per heavy atom. The Hall–Kier alpha value is -0.390. The molecular weight excluding hydrogens is 236 g/mol. The van der Waals surface area contributed by atoms with Crippen molar-refractivity contribution in [2.24, 2.45) is 0 Å². The van der Waals surface area contributed by atoms with Gasteiger partial charge >= 0.3 is 0 Å². The lowest BCUT2D eigenvalue weighted by molar-refractivity contribution is 0.423. The van der Waals surface area contributed by atoms with Crippen molar-refractivity contribution in [2.45, 2.75) is 50.9 Å². The molecule has 0 radical (unpaired) electrons. The molecule has 1 saturated carbocycles. The first-order valence-electron chi connectivity index (χ1n) is 6.24. The van der Waals surface area contributed by atoms with Gasteiger partial charge in [0, 0.05) is 25.2 Å². The van der Waals surface area contributed by atoms with Crippen LogP contribution in [0.15, 0.2) is 12.7 Å². The summed E-state index contributed by atoms with van der Waals surface area (Å²) in [6, 6.07) is 0.515. The molecule has 1 fully saturated rings. The van der Waals surface area contributed by atoms with Gasteiger partial charge in [0.1, 0.15) is 0 Å². The molecule has 1 unspecified atom stereocenters. The predicted octanol–water partition coefficient (Wildman–Crippen LogP) is 1.35. The molecule has 1 aliphatic rings. The third-order valence-corrected chi connectivity index (χ3v) is 5.20. The van der Waals surface area contributed by atoms with Gasteiger partial charge in [0.2, 0.25) is 10.0 Å². The van der Waals surface area contributed by atoms with Gasteiger partial charge in [0.15, 0.2) is 0 Å². The second-order valence-electron chi connectivity index (χ2n) is 5.01. The number of nitrogens with one attached hydrogen (secondary N) is 1. The minimum absolute atomic E-state index is 0.208. The van der Waals surface area contributed by atoms with E-state index < -0.39 is 10.0 Å². The fourth-order valence-corrected chi connectivity index (χ4v) is 3.40. The van der Waals surface area contributed by atoms with Crippen LogP contribution in [-0.4, -0.2) is 43.1 Å². The van der Waals surface area contributed by atoms with E-state index in [1.54, 1.807) is 17.3 Å². The molecule has 0 aromatic carbocycles. The van der Waals surface area contributed by atoms with Crippen molar-refractivity contribution in [3.63, 3.8) is 0 Å². The number of hydrogen-bond donors (Lipinski definition) is 1. The summed E-state index contributed by atoms with van der Waals surface area (Å²) in [6.07, 6.45) is 3.63. The van der Waals surface area contributed by atoms with Gasteiger partial charge in [-0.3, -0.25) is 0 Å². The van der Waals surface area contributed by atoms with E-state index >= 15 is 0 Å². The van der Waals surface area contributed by atoms with Gasteiger partial charge in [0.05, 0.1) is 5.25 Å². The van der Waals surface area contributed by atoms with Gasteiger partial charge < -0.3 is 5.32 Å². The maximum Gasteiger partial charge on any atom is 0.218 e. The zero-order valence-corrected chi connectivity index (χ0v) is 11.8. The topological polar surface area (TPSA) is 49.4 Å². The standard InChI is InChI=1S/C12H24N2O2S/c1-5-8-14(12-6-7-12)17(15,16)11(4)9-13-10(2)3/h5,10-13H,1,6-9H2,2-4H3. The third kappa shape index (κ3) is 4.08. The van der Waals surface area contributed by atoms with Crippen molar-refractivity contribution >= 4 is 10.0 Å². The van der Waals surface area contributed by atoms with Crippen molar-refractivity contribution in [1.29, 1.82) is 0 Å². The molecule has 0 spiro atoms. The molecular formula is C12H24N2O2S. The maximum atomic E-state index is 12.4. The second kappa shape index (κ2) is 5.98. The summed E-state index contributed by atoms with van der Waals surface area (Å²) in [5.41, 5.74) is 0. The fourth-order valence-electron chi connectivity index (χ4n) is 1.69. The van der Waals surface area contributed by atoms with E-state index in [0.29, 0.717) is 19.1 Å². The number of hydrogen-bond acceptors (Lipinski definition) is 3. The Balaban J connectivity index is 2.66. The first kappa shape index (κ1) is 14.7. The molecule has 1 aliphatic carbocycles. The van der Waals surface area contributed by atoms with E-state index in [2.05, 4.69) is 11.9 Å². The van der Waals surface area contributed by atoms with Crippen LogP contribution in [0.1, 0.15) is 33.6 Å². The summed E-state index contributed by atoms with van der Waals surface area (Å²) in [7, 11) is -3.20. The van der Waals surface area contributed by atoms with Crippen LogP contribution in [0.3, 0.4) is 0 Å². The first-order valence-corrected chi connectivity index (χ1v) is 7.74. The van der Waals surface area contributed by atoms with Crippen LogP contribution in [0.5, 0.6) is 0 Å². The highest BCUT2D eigenvalue weighted by Gasteiger charge is 2.38. The van der Waals surface area contributed by atoms with Gasteiger partial charge in [0.25, 0.3) is 0 Å². The molecule has 17 heavy (non-hydrogen) atoms. The summed E-state index contributed by atoms with van der Waals surface area (Å²) in [5, 5.41) is 2.79. The molecule has 0 saturated heterocycles. The molecule has 0 bridgehead atoms. The average Bonchev–Trinajstić information content (AvgIpc) is 3.05. The zero-order chi connectivity index (χ0) is 13.1. The SMILES string of the molecule is C=CCN(C1CC1)S(=O)(=O)C(C)CNC(C)C. The van der Waals surface area contributed by atoms with Crippen LogP contribution < -0.4 is 5.32 Å². The van der Waals surface area contributed by atoms with Crippen LogP contribution >= 0.6 is 0 Å². The highest BCUT2D eigenvalue weighted by Crippen LogP contribution is 2.30. The smallest absolute Gasteiger partial charge is 0.218 e. The molecule has 1 rings (SSSR count). The Bertz CT molecular complexity index is 348. The van der Waals surface area contributed by atoms with Crippen LogP contribution in [0.25, 0.3) is 0 Å². The molecule has 5 heteroatoms. The quantitative estimate of drug-likeness (QED) is 0.670. The monoisotopic (exact) mass is 260 g/mol. The lowest BCUT2D eigenvalue weighted by atomic mass is 10.3. The molecule has 1 N–H and O–H groups in total. The number of sulfonamides is 1. The van der Waals surface area contributed by atoms with Gasteiger partial charge in [-0.15, -0.1) is 6.58 Å². The number of rotatable bonds is 8. The van der Waals surface area contributed by atoms with E-state index in [0.717, 1.165) is 12.8 Å². The molecule has 0 aromatic heterocycles. The van der Waals surface area contributed by atoms with E-state index in [9.17, 15) is 8.42 Å². The Morgan fingerprint density at radius 2 is 2.00 bits per heavy atom. The van der Waals surface area contributed by atoms with Gasteiger partial charge in [-0.2, -0.15) is 4.31 Å². The molecule has 4 nitrogen and oxygen atoms in total. The lowest BCUT2D eigenvalue weighted by Gasteiger charge is -2.25. The Kier molecular flexibility index (Phi) is 5.16. The molecule has 0 heterocycles. The predicted molar refractivity (Wildman–Crippen MR) is 71.4 cm³/mol. The van der Waals surface area contributed by atoms with E-state index in [-0.39, 0.29) is 11.3 Å². The molecule has 100 valence electrons. The Morgan fingerprint density at radius 3 is 2.41 bits per heavy atom. The van der Waals surface area contributed by atoms with Crippen molar-refractivity contribution in [3.8, 4) is 0 Å². The highest BCUT2D eigenvalue weighted by molar-refractivity contribution is 7.89. The summed E-state index contributed by atoms with van der Waals surface area (Å²) in [6.45, 7) is 10.4. The van der Waals surface area contributed by atoms with E-state index in [4.69, 9.17) is 0 Å². The fraction of sp³-hybridized carbons (Fsp3) is 0.833. The van der Waals surface area contributed by atoms with Gasteiger partial charge in [-0.1, -0.05) is 19.9 Å². The van der Waals surface area contributed by atoms with Crippen molar-refractivity contribution in [3.05, 3.63) is 12.7 Å². The summed E-state index contributed by atoms with van der Waals surface area (Å²) >= 11 is 0. The molecule has 1 atom stereocenters. The van der Waals surface area contributed by atoms with Gasteiger partial charge in [-0.25, -0.2) is 8.42 Å². The zero-order valence-electron chi connectivity index (χ0n) is 11.0. The van der Waals surface area contributed by atoms with Crippen molar-refractivity contribution in [2.75, 3.05) is 13.1 Å². The van der Waals surface area contributed by atoms with E-state index in [1.807, 2.05) is 13.8 Å². The second-order valence-corrected chi connectivity index (χ2v) is 7.31. The van der Waals surface area contributed by atoms with Crippen LogP contribution in [0.2, 0.25) is 0 Å². The van der Waals surface area contributed by atoms with E-state index in [1.165, 1.54) is 0 Å². The largest absolute Gasteiger partial charge is 0.313 e. The Labute approximate surface area is 105 Å². The lowest BCUT2D eigenvalue weighted by Crippen LogP contribution is -2.44. The molecule has 0 aliphatic heterocycles. The maximum absolute atomic E-state index is 12.4. The van der Waals surface area contributed by atoms with Crippen LogP contribution in [0, 0.1) is 0 Å². The molecule has 0 aromatic rings. The van der Waals surface area contributed by atoms with Crippen molar-refractivity contribution in [1.82, 2.24) is 9.62 Å². The summed E-state index contributed by atoms with van der Waals surface area (Å²) < 4.78 is 26.3. The van der Waals surface area contributed by atoms with Crippen LogP contribution in [-0.2, 0) is 10.0 Å². The molecule has 0 amide bonds. The average molecular weight is 260 g/mol. The minimum atomic E-state index is -3.20. The summed E-state index contributed by atoms with van der Waals surface area (Å²) in [4.78, 5) is 0. The first-order chi connectivity index (χ1) is 7.89. The van der Waals surface area contributed by atoms with Crippen molar-refractivity contribution < 1.29 is 8.42 Å². The minimum Gasteiger partial charge on any atom is -0.313 e. The van der Waals surface area contributed by atoms with Crippen LogP contribution in [0.4, 0.5) is 0 Å². The number of nitrogens with zero attached hydrogens (tertiary/aromatic N) is 1. The highest BCUT2D eigenvalue weighted by atomic mass is 32.2. The third-order valence-electron chi connectivity index (χ3n) is 2.91.